The van der Waals surface area contributed by atoms with Crippen LogP contribution in [0.4, 0.5) is 0 Å². The van der Waals surface area contributed by atoms with Gasteiger partial charge in [-0.2, -0.15) is 0 Å². The maximum Gasteiger partial charge on any atom is 0.338 e. The first-order chi connectivity index (χ1) is 7.51. The quantitative estimate of drug-likeness (QED) is 0.685. The maximum absolute atomic E-state index is 11.6. The highest BCUT2D eigenvalue weighted by atomic mass is 16.5. The first-order valence-electron chi connectivity index (χ1n) is 5.05. The average molecular weight is 224 g/mol. The van der Waals surface area contributed by atoms with Gasteiger partial charge in [0, 0.05) is 0 Å². The molecular weight excluding hydrogens is 208 g/mol. The molecule has 0 amide bonds. The van der Waals surface area contributed by atoms with E-state index in [0.29, 0.717) is 5.57 Å². The number of esters is 2. The first kappa shape index (κ1) is 12.5. The summed E-state index contributed by atoms with van der Waals surface area (Å²) >= 11 is 0. The molecule has 4 nitrogen and oxygen atoms in total. The molecular formula is C12H16O4. The van der Waals surface area contributed by atoms with Crippen molar-refractivity contribution < 1.29 is 19.1 Å². The van der Waals surface area contributed by atoms with Crippen molar-refractivity contribution in [3.63, 3.8) is 0 Å². The lowest BCUT2D eigenvalue weighted by Gasteiger charge is -2.07. The second kappa shape index (κ2) is 4.96. The van der Waals surface area contributed by atoms with Gasteiger partial charge < -0.3 is 9.47 Å². The van der Waals surface area contributed by atoms with E-state index in [-0.39, 0.29) is 18.4 Å². The molecule has 1 aliphatic rings. The standard InChI is InChI=1S/C12H16O4/c1-7-5-8(2)11(12(14)16-4)9(7)6-10(13)15-3/h5-6H2,1-4H3. The molecule has 0 spiro atoms. The summed E-state index contributed by atoms with van der Waals surface area (Å²) in [4.78, 5) is 22.8. The summed E-state index contributed by atoms with van der Waals surface area (Å²) in [6.07, 6.45) is 0.848. The molecule has 0 radical (unpaired) electrons. The van der Waals surface area contributed by atoms with Crippen LogP contribution >= 0.6 is 0 Å². The number of methoxy groups -OCH3 is 2. The second-order valence-electron chi connectivity index (χ2n) is 3.84. The van der Waals surface area contributed by atoms with E-state index in [9.17, 15) is 9.59 Å². The predicted molar refractivity (Wildman–Crippen MR) is 58.7 cm³/mol. The topological polar surface area (TPSA) is 52.6 Å². The normalized spacial score (nSPS) is 15.5. The molecule has 0 N–H and O–H groups in total. The summed E-state index contributed by atoms with van der Waals surface area (Å²) in [5.41, 5.74) is 3.26. The minimum Gasteiger partial charge on any atom is -0.469 e. The fourth-order valence-corrected chi connectivity index (χ4v) is 1.92. The van der Waals surface area contributed by atoms with Crippen molar-refractivity contribution in [2.45, 2.75) is 26.7 Å². The maximum atomic E-state index is 11.6. The Labute approximate surface area is 94.9 Å². The molecule has 0 bridgehead atoms. The Bertz CT molecular complexity index is 388. The molecule has 0 aromatic heterocycles. The molecule has 4 heteroatoms. The van der Waals surface area contributed by atoms with E-state index in [1.54, 1.807) is 0 Å². The zero-order chi connectivity index (χ0) is 12.3. The van der Waals surface area contributed by atoms with Gasteiger partial charge in [-0.3, -0.25) is 4.79 Å². The van der Waals surface area contributed by atoms with E-state index in [1.165, 1.54) is 14.2 Å². The number of hydrogen-bond acceptors (Lipinski definition) is 4. The van der Waals surface area contributed by atoms with Gasteiger partial charge in [-0.05, 0) is 25.8 Å². The minimum absolute atomic E-state index is 0.129. The lowest BCUT2D eigenvalue weighted by molar-refractivity contribution is -0.139. The molecule has 0 saturated heterocycles. The van der Waals surface area contributed by atoms with E-state index in [0.717, 1.165) is 23.1 Å². The van der Waals surface area contributed by atoms with Crippen LogP contribution in [0.1, 0.15) is 26.7 Å². The second-order valence-corrected chi connectivity index (χ2v) is 3.84. The smallest absolute Gasteiger partial charge is 0.338 e. The van der Waals surface area contributed by atoms with E-state index >= 15 is 0 Å². The predicted octanol–water partition coefficient (Wildman–Crippen LogP) is 1.76. The molecule has 0 aliphatic heterocycles. The van der Waals surface area contributed by atoms with E-state index in [4.69, 9.17) is 4.74 Å². The molecule has 88 valence electrons. The third-order valence-corrected chi connectivity index (χ3v) is 2.71. The van der Waals surface area contributed by atoms with Crippen molar-refractivity contribution in [2.75, 3.05) is 14.2 Å². The molecule has 0 unspecified atom stereocenters. The fourth-order valence-electron chi connectivity index (χ4n) is 1.92. The Hall–Kier alpha value is -1.58. The number of rotatable bonds is 3. The summed E-state index contributed by atoms with van der Waals surface area (Å²) in [5, 5.41) is 0. The van der Waals surface area contributed by atoms with Crippen LogP contribution in [-0.4, -0.2) is 26.2 Å². The van der Waals surface area contributed by atoms with Gasteiger partial charge in [-0.1, -0.05) is 11.1 Å². The van der Waals surface area contributed by atoms with Crippen LogP contribution in [0.2, 0.25) is 0 Å². The van der Waals surface area contributed by atoms with Crippen molar-refractivity contribution in [3.8, 4) is 0 Å². The Morgan fingerprint density at radius 1 is 1.12 bits per heavy atom. The largest absolute Gasteiger partial charge is 0.469 e. The van der Waals surface area contributed by atoms with Gasteiger partial charge in [0.2, 0.25) is 0 Å². The lowest BCUT2D eigenvalue weighted by Crippen LogP contribution is -2.11. The van der Waals surface area contributed by atoms with Gasteiger partial charge in [0.1, 0.15) is 0 Å². The summed E-state index contributed by atoms with van der Waals surface area (Å²) in [7, 11) is 2.67. The van der Waals surface area contributed by atoms with Crippen LogP contribution in [-0.2, 0) is 19.1 Å². The van der Waals surface area contributed by atoms with Gasteiger partial charge >= 0.3 is 11.9 Å². The third kappa shape index (κ3) is 2.32. The molecule has 0 aromatic carbocycles. The minimum atomic E-state index is -0.381. The SMILES string of the molecule is COC(=O)CC1=C(C)CC(C)=C1C(=O)OC. The zero-order valence-corrected chi connectivity index (χ0v) is 10.0. The monoisotopic (exact) mass is 224 g/mol. The van der Waals surface area contributed by atoms with Crippen LogP contribution in [0.3, 0.4) is 0 Å². The summed E-state index contributed by atoms with van der Waals surface area (Å²) in [5.74, 6) is -0.723. The van der Waals surface area contributed by atoms with Crippen molar-refractivity contribution >= 4 is 11.9 Å². The Morgan fingerprint density at radius 3 is 2.25 bits per heavy atom. The van der Waals surface area contributed by atoms with Crippen LogP contribution in [0, 0.1) is 0 Å². The molecule has 0 saturated carbocycles. The highest BCUT2D eigenvalue weighted by molar-refractivity contribution is 5.97. The highest BCUT2D eigenvalue weighted by Gasteiger charge is 2.27. The van der Waals surface area contributed by atoms with E-state index in [2.05, 4.69) is 4.74 Å². The average Bonchev–Trinajstić information content (AvgIpc) is 2.53. The van der Waals surface area contributed by atoms with Crippen molar-refractivity contribution in [1.82, 2.24) is 0 Å². The Balaban J connectivity index is 3.00. The molecule has 16 heavy (non-hydrogen) atoms. The van der Waals surface area contributed by atoms with Gasteiger partial charge in [0.25, 0.3) is 0 Å². The molecule has 0 aromatic rings. The fraction of sp³-hybridized carbons (Fsp3) is 0.500. The van der Waals surface area contributed by atoms with Crippen molar-refractivity contribution in [1.29, 1.82) is 0 Å². The molecule has 1 rings (SSSR count). The Morgan fingerprint density at radius 2 is 1.75 bits per heavy atom. The summed E-state index contributed by atoms with van der Waals surface area (Å²) < 4.78 is 9.32. The van der Waals surface area contributed by atoms with Crippen LogP contribution < -0.4 is 0 Å². The van der Waals surface area contributed by atoms with E-state index < -0.39 is 0 Å². The molecule has 0 heterocycles. The highest BCUT2D eigenvalue weighted by Crippen LogP contribution is 2.34. The van der Waals surface area contributed by atoms with Crippen molar-refractivity contribution in [2.24, 2.45) is 0 Å². The number of hydrogen-bond donors (Lipinski definition) is 0. The van der Waals surface area contributed by atoms with Crippen LogP contribution in [0.5, 0.6) is 0 Å². The lowest BCUT2D eigenvalue weighted by atomic mass is 10.0. The number of carbonyl (C=O) groups excluding carboxylic acids is 2. The first-order valence-corrected chi connectivity index (χ1v) is 5.05. The number of ether oxygens (including phenoxy) is 2. The third-order valence-electron chi connectivity index (χ3n) is 2.71. The van der Waals surface area contributed by atoms with Crippen LogP contribution in [0.15, 0.2) is 22.3 Å². The van der Waals surface area contributed by atoms with Gasteiger partial charge in [-0.25, -0.2) is 4.79 Å². The van der Waals surface area contributed by atoms with Crippen molar-refractivity contribution in [3.05, 3.63) is 22.3 Å². The van der Waals surface area contributed by atoms with Crippen LogP contribution in [0.25, 0.3) is 0 Å². The zero-order valence-electron chi connectivity index (χ0n) is 10.0. The van der Waals surface area contributed by atoms with E-state index in [1.807, 2.05) is 13.8 Å². The Kier molecular flexibility index (Phi) is 3.88. The molecule has 1 aliphatic carbocycles. The van der Waals surface area contributed by atoms with Gasteiger partial charge in [0.15, 0.2) is 0 Å². The number of carbonyl (C=O) groups is 2. The molecule has 0 atom stereocenters. The summed E-state index contributed by atoms with van der Waals surface area (Å²) in [6, 6.07) is 0. The van der Waals surface area contributed by atoms with Gasteiger partial charge in [-0.15, -0.1) is 0 Å². The molecule has 0 fully saturated rings. The number of allylic oxidation sites excluding steroid dienone is 2. The van der Waals surface area contributed by atoms with Gasteiger partial charge in [0.05, 0.1) is 26.2 Å². The summed E-state index contributed by atoms with van der Waals surface area (Å²) in [6.45, 7) is 3.79.